The van der Waals surface area contributed by atoms with Gasteiger partial charge in [-0.2, -0.15) is 0 Å². The molecular formula is C49H42N2O5. The predicted molar refractivity (Wildman–Crippen MR) is 222 cm³/mol. The Kier molecular flexibility index (Phi) is 9.68. The van der Waals surface area contributed by atoms with Crippen LogP contribution in [0.1, 0.15) is 30.4 Å². The number of hydrogen-bond donors (Lipinski definition) is 2. The van der Waals surface area contributed by atoms with E-state index in [9.17, 15) is 14.7 Å². The van der Waals surface area contributed by atoms with Gasteiger partial charge in [-0.25, -0.2) is 0 Å². The van der Waals surface area contributed by atoms with Crippen molar-refractivity contribution in [2.45, 2.75) is 25.4 Å². The molecule has 56 heavy (non-hydrogen) atoms. The highest BCUT2D eigenvalue weighted by Gasteiger charge is 2.57. The fourth-order valence-corrected chi connectivity index (χ4v) is 8.79. The lowest BCUT2D eigenvalue weighted by atomic mass is 9.69. The molecule has 0 radical (unpaired) electrons. The van der Waals surface area contributed by atoms with Gasteiger partial charge < -0.3 is 19.9 Å². The second-order valence-electron chi connectivity index (χ2n) is 14.8. The Morgan fingerprint density at radius 1 is 0.732 bits per heavy atom. The molecule has 2 heterocycles. The number of phenolic OH excluding ortho intramolecular Hbond substituents is 1. The van der Waals surface area contributed by atoms with Crippen LogP contribution >= 0.6 is 0 Å². The minimum atomic E-state index is -0.502. The number of allylic oxidation sites excluding steroid dienone is 1. The molecule has 0 bridgehead atoms. The van der Waals surface area contributed by atoms with Crippen LogP contribution in [-0.4, -0.2) is 36.2 Å². The molecule has 0 aromatic heterocycles. The van der Waals surface area contributed by atoms with E-state index in [-0.39, 0.29) is 29.6 Å². The molecule has 4 atom stereocenters. The Labute approximate surface area is 326 Å². The molecular weight excluding hydrogens is 697 g/mol. The van der Waals surface area contributed by atoms with Gasteiger partial charge in [-0.05, 0) is 107 Å². The molecule has 7 heteroatoms. The number of nitrogens with zero attached hydrogens (tertiary/aromatic N) is 1. The van der Waals surface area contributed by atoms with E-state index in [0.717, 1.165) is 55.7 Å². The maximum absolute atomic E-state index is 14.4. The predicted octanol–water partition coefficient (Wildman–Crippen LogP) is 10.2. The molecule has 6 aromatic rings. The molecule has 2 fully saturated rings. The molecule has 2 amide bonds. The summed E-state index contributed by atoms with van der Waals surface area (Å²) in [6.45, 7) is 0.691. The van der Waals surface area contributed by atoms with Crippen LogP contribution < -0.4 is 15.0 Å². The van der Waals surface area contributed by atoms with E-state index in [1.807, 2.05) is 133 Å². The molecule has 2 aliphatic heterocycles. The highest BCUT2D eigenvalue weighted by Crippen LogP contribution is 2.51. The van der Waals surface area contributed by atoms with Crippen molar-refractivity contribution in [1.82, 2.24) is 0 Å². The molecule has 2 saturated heterocycles. The maximum atomic E-state index is 14.4. The standard InChI is InChI=1S/C49H42N2O5/c52-44-26-20-34(40-18-10-11-19-41(40)44)28-33(32-12-4-1-5-13-32)21-27-45-46-35(30-55-39-16-8-3-9-17-39)29-42-47(43(46)31-56-45)49(54)51(48(42)53)38-24-22-37(23-25-38)50-36-14-6-2-7-15-36/h1-20,22-26,28,42-43,45,47,50,52H,21,27,29-31H2/b33-28-/t42-,43+,45-,47-/m1/s1. The zero-order chi connectivity index (χ0) is 38.0. The van der Waals surface area contributed by atoms with E-state index < -0.39 is 11.8 Å². The molecule has 0 spiro atoms. The third-order valence-corrected chi connectivity index (χ3v) is 11.4. The number of imide groups is 1. The van der Waals surface area contributed by atoms with Crippen LogP contribution in [0.4, 0.5) is 17.1 Å². The molecule has 1 aliphatic carbocycles. The highest BCUT2D eigenvalue weighted by molar-refractivity contribution is 6.22. The van der Waals surface area contributed by atoms with Crippen molar-refractivity contribution in [1.29, 1.82) is 0 Å². The molecule has 9 rings (SSSR count). The van der Waals surface area contributed by atoms with Gasteiger partial charge in [-0.1, -0.05) is 103 Å². The summed E-state index contributed by atoms with van der Waals surface area (Å²) >= 11 is 0. The number of anilines is 3. The van der Waals surface area contributed by atoms with Crippen LogP contribution in [-0.2, 0) is 14.3 Å². The number of hydrogen-bond acceptors (Lipinski definition) is 6. The number of amides is 2. The average Bonchev–Trinajstić information content (AvgIpc) is 3.78. The summed E-state index contributed by atoms with van der Waals surface area (Å²) in [6, 6.07) is 49.1. The normalized spacial score (nSPS) is 20.6. The molecule has 7 nitrogen and oxygen atoms in total. The summed E-state index contributed by atoms with van der Waals surface area (Å²) < 4.78 is 13.0. The van der Waals surface area contributed by atoms with Gasteiger partial charge in [-0.15, -0.1) is 0 Å². The maximum Gasteiger partial charge on any atom is 0.238 e. The number of aromatic hydroxyl groups is 1. The summed E-state index contributed by atoms with van der Waals surface area (Å²) in [5.74, 6) is -0.534. The van der Waals surface area contributed by atoms with Crippen molar-refractivity contribution < 1.29 is 24.2 Å². The molecule has 278 valence electrons. The van der Waals surface area contributed by atoms with E-state index in [2.05, 4.69) is 23.5 Å². The Balaban J connectivity index is 1.01. The second-order valence-corrected chi connectivity index (χ2v) is 14.8. The number of para-hydroxylation sites is 2. The largest absolute Gasteiger partial charge is 0.507 e. The van der Waals surface area contributed by atoms with Crippen LogP contribution in [0.5, 0.6) is 11.5 Å². The van der Waals surface area contributed by atoms with E-state index in [4.69, 9.17) is 9.47 Å². The van der Waals surface area contributed by atoms with Gasteiger partial charge in [0.05, 0.1) is 30.2 Å². The second kappa shape index (κ2) is 15.4. The van der Waals surface area contributed by atoms with Gasteiger partial charge in [-0.3, -0.25) is 14.5 Å². The number of carbonyl (C=O) groups excluding carboxylic acids is 2. The first kappa shape index (κ1) is 35.3. The molecule has 0 unspecified atom stereocenters. The SMILES string of the molecule is O=C1[C@@H]2[C@@H](CC(COc3ccccc3)=C3[C@@H](CC/C(=C/c4ccc(O)c5ccccc45)c4ccccc4)OC[C@@H]32)C(=O)N1c1ccc(Nc2ccccc2)cc1. The quantitative estimate of drug-likeness (QED) is 0.0782. The minimum absolute atomic E-state index is 0.164. The van der Waals surface area contributed by atoms with Crippen LogP contribution in [0.15, 0.2) is 163 Å². The Bertz CT molecular complexity index is 2440. The zero-order valence-corrected chi connectivity index (χ0v) is 30.9. The lowest BCUT2D eigenvalue weighted by molar-refractivity contribution is -0.122. The number of nitrogens with one attached hydrogen (secondary N) is 1. The van der Waals surface area contributed by atoms with Gasteiger partial charge in [0.15, 0.2) is 0 Å². The van der Waals surface area contributed by atoms with Gasteiger partial charge in [0, 0.05) is 22.7 Å². The fraction of sp³-hybridized carbons (Fsp3) is 0.184. The van der Waals surface area contributed by atoms with Crippen molar-refractivity contribution in [3.8, 4) is 11.5 Å². The zero-order valence-electron chi connectivity index (χ0n) is 30.9. The van der Waals surface area contributed by atoms with Crippen molar-refractivity contribution in [3.05, 3.63) is 174 Å². The average molecular weight is 739 g/mol. The highest BCUT2D eigenvalue weighted by atomic mass is 16.5. The van der Waals surface area contributed by atoms with Gasteiger partial charge in [0.2, 0.25) is 11.8 Å². The number of carbonyl (C=O) groups is 2. The van der Waals surface area contributed by atoms with Crippen LogP contribution in [0, 0.1) is 17.8 Å². The number of benzene rings is 6. The van der Waals surface area contributed by atoms with E-state index in [1.54, 1.807) is 6.07 Å². The Morgan fingerprint density at radius 2 is 1.39 bits per heavy atom. The van der Waals surface area contributed by atoms with Crippen LogP contribution in [0.3, 0.4) is 0 Å². The summed E-state index contributed by atoms with van der Waals surface area (Å²) in [5.41, 5.74) is 7.84. The van der Waals surface area contributed by atoms with E-state index >= 15 is 0 Å². The monoisotopic (exact) mass is 738 g/mol. The molecule has 2 N–H and O–H groups in total. The third kappa shape index (κ3) is 6.86. The van der Waals surface area contributed by atoms with Crippen molar-refractivity contribution >= 4 is 51.3 Å². The smallest absolute Gasteiger partial charge is 0.238 e. The summed E-state index contributed by atoms with van der Waals surface area (Å²) in [6.07, 6.45) is 3.82. The minimum Gasteiger partial charge on any atom is -0.507 e. The van der Waals surface area contributed by atoms with Crippen molar-refractivity contribution in [2.75, 3.05) is 23.4 Å². The first-order valence-corrected chi connectivity index (χ1v) is 19.3. The third-order valence-electron chi connectivity index (χ3n) is 11.4. The number of phenols is 1. The van der Waals surface area contributed by atoms with Crippen molar-refractivity contribution in [2.24, 2.45) is 17.8 Å². The summed E-state index contributed by atoms with van der Waals surface area (Å²) in [4.78, 5) is 30.0. The van der Waals surface area contributed by atoms with Gasteiger partial charge in [0.1, 0.15) is 18.1 Å². The molecule has 6 aromatic carbocycles. The Hall–Kier alpha value is -6.44. The summed E-state index contributed by atoms with van der Waals surface area (Å²) in [7, 11) is 0. The lowest BCUT2D eigenvalue weighted by Crippen LogP contribution is -2.35. The fourth-order valence-electron chi connectivity index (χ4n) is 8.79. The first-order valence-electron chi connectivity index (χ1n) is 19.3. The van der Waals surface area contributed by atoms with Crippen LogP contribution in [0.2, 0.25) is 0 Å². The topological polar surface area (TPSA) is 88.1 Å². The van der Waals surface area contributed by atoms with Gasteiger partial charge >= 0.3 is 0 Å². The summed E-state index contributed by atoms with van der Waals surface area (Å²) in [5, 5.41) is 15.8. The van der Waals surface area contributed by atoms with Gasteiger partial charge in [0.25, 0.3) is 0 Å². The molecule has 0 saturated carbocycles. The number of fused-ring (bicyclic) bond motifs is 4. The molecule has 3 aliphatic rings. The number of rotatable bonds is 11. The van der Waals surface area contributed by atoms with E-state index in [0.29, 0.717) is 38.2 Å². The van der Waals surface area contributed by atoms with E-state index in [1.165, 1.54) is 4.90 Å². The van der Waals surface area contributed by atoms with Crippen LogP contribution in [0.25, 0.3) is 22.4 Å². The first-order chi connectivity index (χ1) is 27.5. The Morgan fingerprint density at radius 3 is 2.14 bits per heavy atom. The number of ether oxygens (including phenoxy) is 2. The van der Waals surface area contributed by atoms with Crippen molar-refractivity contribution in [3.63, 3.8) is 0 Å². The lowest BCUT2D eigenvalue weighted by Gasteiger charge is -2.31.